The summed E-state index contributed by atoms with van der Waals surface area (Å²) in [6.07, 6.45) is 0. The molecule has 108 valence electrons. The molecule has 0 aliphatic carbocycles. The maximum atomic E-state index is 12.2. The van der Waals surface area contributed by atoms with E-state index in [1.807, 2.05) is 55.5 Å². The van der Waals surface area contributed by atoms with Gasteiger partial charge in [0.05, 0.1) is 6.54 Å². The SMILES string of the molecule is Cc1cccc(NC(=O)N(Cc2ccccc2)C(N)=O)c1. The first-order valence-electron chi connectivity index (χ1n) is 6.55. The maximum absolute atomic E-state index is 12.2. The Hall–Kier alpha value is -2.82. The Bertz CT molecular complexity index is 641. The third-order valence-corrected chi connectivity index (χ3v) is 2.96. The van der Waals surface area contributed by atoms with Crippen LogP contribution in [0.25, 0.3) is 0 Å². The lowest BCUT2D eigenvalue weighted by atomic mass is 10.2. The zero-order valence-corrected chi connectivity index (χ0v) is 11.7. The maximum Gasteiger partial charge on any atom is 0.330 e. The third kappa shape index (κ3) is 4.07. The minimum absolute atomic E-state index is 0.133. The van der Waals surface area contributed by atoms with Gasteiger partial charge < -0.3 is 11.1 Å². The molecule has 5 nitrogen and oxygen atoms in total. The summed E-state index contributed by atoms with van der Waals surface area (Å²) in [5.41, 5.74) is 7.76. The molecule has 0 unspecified atom stereocenters. The van der Waals surface area contributed by atoms with Crippen LogP contribution >= 0.6 is 0 Å². The number of imide groups is 1. The number of nitrogens with one attached hydrogen (secondary N) is 1. The summed E-state index contributed by atoms with van der Waals surface area (Å²) < 4.78 is 0. The number of rotatable bonds is 3. The van der Waals surface area contributed by atoms with Crippen LogP contribution in [0.1, 0.15) is 11.1 Å². The summed E-state index contributed by atoms with van der Waals surface area (Å²) in [7, 11) is 0. The van der Waals surface area contributed by atoms with E-state index >= 15 is 0 Å². The van der Waals surface area contributed by atoms with Gasteiger partial charge in [-0.2, -0.15) is 0 Å². The number of primary amides is 1. The number of carbonyl (C=O) groups excluding carboxylic acids is 2. The minimum Gasteiger partial charge on any atom is -0.351 e. The van der Waals surface area contributed by atoms with Crippen LogP contribution in [0.15, 0.2) is 54.6 Å². The van der Waals surface area contributed by atoms with Crippen molar-refractivity contribution >= 4 is 17.7 Å². The van der Waals surface area contributed by atoms with E-state index in [0.29, 0.717) is 5.69 Å². The smallest absolute Gasteiger partial charge is 0.330 e. The van der Waals surface area contributed by atoms with Crippen LogP contribution in [0.5, 0.6) is 0 Å². The first-order chi connectivity index (χ1) is 10.1. The van der Waals surface area contributed by atoms with Crippen molar-refractivity contribution in [1.29, 1.82) is 0 Å². The van der Waals surface area contributed by atoms with Crippen molar-refractivity contribution in [1.82, 2.24) is 4.90 Å². The Morgan fingerprint density at radius 1 is 1.10 bits per heavy atom. The molecule has 0 spiro atoms. The summed E-state index contributed by atoms with van der Waals surface area (Å²) in [5.74, 6) is 0. The topological polar surface area (TPSA) is 75.4 Å². The summed E-state index contributed by atoms with van der Waals surface area (Å²) in [6.45, 7) is 2.05. The van der Waals surface area contributed by atoms with Crippen LogP contribution in [0.3, 0.4) is 0 Å². The van der Waals surface area contributed by atoms with Gasteiger partial charge in [0.1, 0.15) is 0 Å². The van der Waals surface area contributed by atoms with Gasteiger partial charge in [-0.05, 0) is 30.2 Å². The number of nitrogens with two attached hydrogens (primary N) is 1. The fraction of sp³-hybridized carbons (Fsp3) is 0.125. The highest BCUT2D eigenvalue weighted by Crippen LogP contribution is 2.12. The molecule has 0 saturated carbocycles. The zero-order valence-electron chi connectivity index (χ0n) is 11.7. The van der Waals surface area contributed by atoms with Crippen molar-refractivity contribution in [3.05, 3.63) is 65.7 Å². The fourth-order valence-corrected chi connectivity index (χ4v) is 1.93. The van der Waals surface area contributed by atoms with Crippen molar-refractivity contribution in [2.75, 3.05) is 5.32 Å². The Labute approximate surface area is 123 Å². The molecule has 2 aromatic rings. The highest BCUT2D eigenvalue weighted by atomic mass is 16.2. The van der Waals surface area contributed by atoms with Crippen molar-refractivity contribution in [3.8, 4) is 0 Å². The van der Waals surface area contributed by atoms with Gasteiger partial charge in [-0.1, -0.05) is 42.5 Å². The second kappa shape index (κ2) is 6.56. The van der Waals surface area contributed by atoms with Gasteiger partial charge in [0, 0.05) is 5.69 Å². The van der Waals surface area contributed by atoms with Crippen LogP contribution in [0, 0.1) is 6.92 Å². The second-order valence-electron chi connectivity index (χ2n) is 4.71. The highest BCUT2D eigenvalue weighted by molar-refractivity contribution is 6.00. The predicted octanol–water partition coefficient (Wildman–Crippen LogP) is 3.11. The monoisotopic (exact) mass is 283 g/mol. The number of benzene rings is 2. The quantitative estimate of drug-likeness (QED) is 0.908. The van der Waals surface area contributed by atoms with Crippen LogP contribution in [-0.4, -0.2) is 17.0 Å². The molecule has 0 bridgehead atoms. The van der Waals surface area contributed by atoms with Gasteiger partial charge in [0.2, 0.25) is 0 Å². The van der Waals surface area contributed by atoms with E-state index in [1.165, 1.54) is 0 Å². The molecule has 5 heteroatoms. The molecule has 0 aromatic heterocycles. The van der Waals surface area contributed by atoms with Gasteiger partial charge in [-0.25, -0.2) is 14.5 Å². The molecular weight excluding hydrogens is 266 g/mol. The van der Waals surface area contributed by atoms with Crippen molar-refractivity contribution < 1.29 is 9.59 Å². The zero-order chi connectivity index (χ0) is 15.2. The average Bonchev–Trinajstić information content (AvgIpc) is 2.45. The number of carbonyl (C=O) groups is 2. The lowest BCUT2D eigenvalue weighted by molar-refractivity contribution is 0.198. The number of nitrogens with zero attached hydrogens (tertiary/aromatic N) is 1. The third-order valence-electron chi connectivity index (χ3n) is 2.96. The van der Waals surface area contributed by atoms with Crippen LogP contribution in [0.4, 0.5) is 15.3 Å². The molecule has 2 rings (SSSR count). The van der Waals surface area contributed by atoms with E-state index in [2.05, 4.69) is 5.32 Å². The Balaban J connectivity index is 2.11. The number of hydrogen-bond donors (Lipinski definition) is 2. The first kappa shape index (κ1) is 14.6. The summed E-state index contributed by atoms with van der Waals surface area (Å²) in [6, 6.07) is 15.2. The molecule has 0 fully saturated rings. The second-order valence-corrected chi connectivity index (χ2v) is 4.71. The predicted molar refractivity (Wildman–Crippen MR) is 81.8 cm³/mol. The van der Waals surface area contributed by atoms with Gasteiger partial charge in [0.25, 0.3) is 0 Å². The largest absolute Gasteiger partial charge is 0.351 e. The van der Waals surface area contributed by atoms with E-state index in [4.69, 9.17) is 5.73 Å². The number of hydrogen-bond acceptors (Lipinski definition) is 2. The first-order valence-corrected chi connectivity index (χ1v) is 6.55. The molecule has 0 heterocycles. The Morgan fingerprint density at radius 3 is 2.43 bits per heavy atom. The van der Waals surface area contributed by atoms with E-state index in [0.717, 1.165) is 16.0 Å². The molecule has 2 aromatic carbocycles. The van der Waals surface area contributed by atoms with Gasteiger partial charge >= 0.3 is 12.1 Å². The molecule has 0 saturated heterocycles. The number of anilines is 1. The van der Waals surface area contributed by atoms with Gasteiger partial charge in [-0.3, -0.25) is 0 Å². The number of urea groups is 2. The van der Waals surface area contributed by atoms with Crippen LogP contribution in [0.2, 0.25) is 0 Å². The summed E-state index contributed by atoms with van der Waals surface area (Å²) in [4.78, 5) is 24.6. The van der Waals surface area contributed by atoms with Gasteiger partial charge in [-0.15, -0.1) is 0 Å². The van der Waals surface area contributed by atoms with Gasteiger partial charge in [0.15, 0.2) is 0 Å². The highest BCUT2D eigenvalue weighted by Gasteiger charge is 2.19. The van der Waals surface area contributed by atoms with Crippen LogP contribution < -0.4 is 11.1 Å². The fourth-order valence-electron chi connectivity index (χ4n) is 1.93. The van der Waals surface area contributed by atoms with E-state index in [9.17, 15) is 9.59 Å². The number of aryl methyl sites for hydroxylation is 1. The Morgan fingerprint density at radius 2 is 1.81 bits per heavy atom. The van der Waals surface area contributed by atoms with Crippen molar-refractivity contribution in [2.45, 2.75) is 13.5 Å². The van der Waals surface area contributed by atoms with Crippen LogP contribution in [-0.2, 0) is 6.54 Å². The molecule has 21 heavy (non-hydrogen) atoms. The van der Waals surface area contributed by atoms with E-state index in [-0.39, 0.29) is 6.54 Å². The molecular formula is C16H17N3O2. The van der Waals surface area contributed by atoms with Crippen molar-refractivity contribution in [3.63, 3.8) is 0 Å². The Kier molecular flexibility index (Phi) is 4.56. The molecule has 3 N–H and O–H groups in total. The molecule has 0 radical (unpaired) electrons. The average molecular weight is 283 g/mol. The summed E-state index contributed by atoms with van der Waals surface area (Å²) in [5, 5.41) is 2.67. The lowest BCUT2D eigenvalue weighted by Crippen LogP contribution is -2.42. The normalized spacial score (nSPS) is 9.95. The molecule has 0 aliphatic heterocycles. The standard InChI is InChI=1S/C16H17N3O2/c1-12-6-5-9-14(10-12)18-16(21)19(15(17)20)11-13-7-3-2-4-8-13/h2-10H,11H2,1H3,(H2,17,20)(H,18,21). The minimum atomic E-state index is -0.788. The molecule has 4 amide bonds. The number of amides is 4. The molecule has 0 atom stereocenters. The summed E-state index contributed by atoms with van der Waals surface area (Å²) >= 11 is 0. The lowest BCUT2D eigenvalue weighted by Gasteiger charge is -2.19. The molecule has 0 aliphatic rings. The van der Waals surface area contributed by atoms with E-state index < -0.39 is 12.1 Å². The van der Waals surface area contributed by atoms with Crippen molar-refractivity contribution in [2.24, 2.45) is 5.73 Å². The van der Waals surface area contributed by atoms with E-state index in [1.54, 1.807) is 6.07 Å².